The highest BCUT2D eigenvalue weighted by Gasteiger charge is 2.30. The number of piperazine rings is 2. The average molecular weight is 517 g/mol. The van der Waals surface area contributed by atoms with Gasteiger partial charge in [0.25, 0.3) is 0 Å². The number of ether oxygens (including phenoxy) is 2. The maximum atomic E-state index is 13.1. The predicted octanol–water partition coefficient (Wildman–Crippen LogP) is 1.61. The van der Waals surface area contributed by atoms with Crippen LogP contribution in [0.4, 0.5) is 11.6 Å². The van der Waals surface area contributed by atoms with Crippen molar-refractivity contribution >= 4 is 21.7 Å². The van der Waals surface area contributed by atoms with Gasteiger partial charge in [-0.05, 0) is 55.7 Å². The molecule has 36 heavy (non-hydrogen) atoms. The van der Waals surface area contributed by atoms with Gasteiger partial charge in [0, 0.05) is 65.5 Å². The van der Waals surface area contributed by atoms with Gasteiger partial charge in [-0.3, -0.25) is 4.90 Å². The Morgan fingerprint density at radius 2 is 1.58 bits per heavy atom. The number of methoxy groups -OCH3 is 1. The zero-order valence-electron chi connectivity index (χ0n) is 21.2. The van der Waals surface area contributed by atoms with Gasteiger partial charge in [-0.25, -0.2) is 8.42 Å². The van der Waals surface area contributed by atoms with Crippen LogP contribution < -0.4 is 14.5 Å². The van der Waals surface area contributed by atoms with Crippen molar-refractivity contribution in [3.8, 4) is 5.75 Å². The van der Waals surface area contributed by atoms with Gasteiger partial charge in [-0.2, -0.15) is 4.31 Å². The number of benzene rings is 1. The Balaban J connectivity index is 1.13. The number of hydrogen-bond donors (Lipinski definition) is 0. The minimum atomic E-state index is -3.55. The van der Waals surface area contributed by atoms with Crippen LogP contribution in [-0.4, -0.2) is 107 Å². The Hall–Kier alpha value is -2.47. The third-order valence-electron chi connectivity index (χ3n) is 7.39. The van der Waals surface area contributed by atoms with E-state index in [0.717, 1.165) is 56.5 Å². The van der Waals surface area contributed by atoms with Crippen LogP contribution in [0, 0.1) is 6.92 Å². The van der Waals surface area contributed by atoms with Crippen molar-refractivity contribution in [2.45, 2.75) is 30.8 Å². The molecule has 3 aliphatic heterocycles. The molecule has 0 bridgehead atoms. The van der Waals surface area contributed by atoms with E-state index >= 15 is 0 Å². The number of anilines is 2. The van der Waals surface area contributed by atoms with Crippen LogP contribution in [0.15, 0.2) is 35.2 Å². The molecule has 0 spiro atoms. The first-order chi connectivity index (χ1) is 17.4. The summed E-state index contributed by atoms with van der Waals surface area (Å²) >= 11 is 0. The molecule has 1 atom stereocenters. The van der Waals surface area contributed by atoms with Crippen molar-refractivity contribution in [2.24, 2.45) is 0 Å². The summed E-state index contributed by atoms with van der Waals surface area (Å²) < 4.78 is 38.9. The molecule has 0 N–H and O–H groups in total. The number of aromatic nitrogens is 2. The van der Waals surface area contributed by atoms with E-state index < -0.39 is 10.0 Å². The minimum absolute atomic E-state index is 0.300. The monoisotopic (exact) mass is 516 g/mol. The van der Waals surface area contributed by atoms with Crippen molar-refractivity contribution in [1.29, 1.82) is 0 Å². The van der Waals surface area contributed by atoms with Gasteiger partial charge in [-0.1, -0.05) is 0 Å². The van der Waals surface area contributed by atoms with E-state index in [4.69, 9.17) is 9.47 Å². The molecule has 11 heteroatoms. The summed E-state index contributed by atoms with van der Waals surface area (Å²) in [7, 11) is -1.97. The molecule has 2 aromatic rings. The van der Waals surface area contributed by atoms with Gasteiger partial charge in [0.05, 0.1) is 18.1 Å². The summed E-state index contributed by atoms with van der Waals surface area (Å²) in [5.41, 5.74) is 0.803. The molecular formula is C25H36N6O4S. The summed E-state index contributed by atoms with van der Waals surface area (Å²) in [6.45, 7) is 9.62. The van der Waals surface area contributed by atoms with Gasteiger partial charge >= 0.3 is 0 Å². The van der Waals surface area contributed by atoms with Gasteiger partial charge in [-0.15, -0.1) is 10.2 Å². The number of hydrogen-bond acceptors (Lipinski definition) is 9. The Bertz CT molecular complexity index is 1120. The highest BCUT2D eigenvalue weighted by molar-refractivity contribution is 7.89. The Morgan fingerprint density at radius 3 is 2.11 bits per heavy atom. The fraction of sp³-hybridized carbons (Fsp3) is 0.600. The van der Waals surface area contributed by atoms with Gasteiger partial charge in [0.15, 0.2) is 11.6 Å². The van der Waals surface area contributed by atoms with E-state index in [0.29, 0.717) is 42.9 Å². The standard InChI is InChI=1S/C25H36N6O4S/c1-20-18-22(5-6-23(20)34-2)36(32,33)31-15-13-30(14-16-31)25-8-7-24(26-27-25)29-11-9-28(10-12-29)19-21-4-3-17-35-21/h5-8,18,21H,3-4,9-17,19H2,1-2H3. The lowest BCUT2D eigenvalue weighted by Crippen LogP contribution is -2.49. The maximum Gasteiger partial charge on any atom is 0.243 e. The number of sulfonamides is 1. The van der Waals surface area contributed by atoms with Crippen LogP contribution in [-0.2, 0) is 14.8 Å². The number of rotatable bonds is 7. The summed E-state index contributed by atoms with van der Waals surface area (Å²) in [6.07, 6.45) is 2.75. The lowest BCUT2D eigenvalue weighted by molar-refractivity contribution is 0.0712. The van der Waals surface area contributed by atoms with E-state index in [1.165, 1.54) is 12.8 Å². The van der Waals surface area contributed by atoms with Crippen LogP contribution >= 0.6 is 0 Å². The average Bonchev–Trinajstić information content (AvgIpc) is 3.42. The Kier molecular flexibility index (Phi) is 7.61. The van der Waals surface area contributed by atoms with Crippen LogP contribution in [0.25, 0.3) is 0 Å². The first-order valence-electron chi connectivity index (χ1n) is 12.8. The minimum Gasteiger partial charge on any atom is -0.496 e. The third kappa shape index (κ3) is 5.44. The first kappa shape index (κ1) is 25.2. The quantitative estimate of drug-likeness (QED) is 0.544. The normalized spacial score (nSPS) is 22.2. The van der Waals surface area contributed by atoms with Crippen molar-refractivity contribution in [2.75, 3.05) is 82.4 Å². The van der Waals surface area contributed by atoms with Crippen LogP contribution in [0.3, 0.4) is 0 Å². The lowest BCUT2D eigenvalue weighted by Gasteiger charge is -2.36. The molecular weight excluding hydrogens is 480 g/mol. The van der Waals surface area contributed by atoms with E-state index in [1.54, 1.807) is 29.6 Å². The molecule has 1 aromatic carbocycles. The summed E-state index contributed by atoms with van der Waals surface area (Å²) in [6, 6.07) is 9.02. The molecule has 3 saturated heterocycles. The summed E-state index contributed by atoms with van der Waals surface area (Å²) in [5, 5.41) is 8.97. The summed E-state index contributed by atoms with van der Waals surface area (Å²) in [5.74, 6) is 2.36. The molecule has 4 heterocycles. The molecule has 0 saturated carbocycles. The van der Waals surface area contributed by atoms with Crippen molar-refractivity contribution in [3.63, 3.8) is 0 Å². The Labute approximate surface area is 213 Å². The van der Waals surface area contributed by atoms with Crippen molar-refractivity contribution in [3.05, 3.63) is 35.9 Å². The Morgan fingerprint density at radius 1 is 0.944 bits per heavy atom. The van der Waals surface area contributed by atoms with E-state index in [1.807, 2.05) is 19.1 Å². The largest absolute Gasteiger partial charge is 0.496 e. The zero-order chi connectivity index (χ0) is 25.1. The van der Waals surface area contributed by atoms with Crippen molar-refractivity contribution < 1.29 is 17.9 Å². The molecule has 0 aliphatic carbocycles. The van der Waals surface area contributed by atoms with E-state index in [2.05, 4.69) is 24.9 Å². The van der Waals surface area contributed by atoms with Crippen molar-refractivity contribution in [1.82, 2.24) is 19.4 Å². The van der Waals surface area contributed by atoms with Crippen LogP contribution in [0.1, 0.15) is 18.4 Å². The van der Waals surface area contributed by atoms with Gasteiger partial charge in [0.2, 0.25) is 10.0 Å². The van der Waals surface area contributed by atoms with Crippen LogP contribution in [0.2, 0.25) is 0 Å². The molecule has 3 fully saturated rings. The molecule has 10 nitrogen and oxygen atoms in total. The molecule has 1 aromatic heterocycles. The van der Waals surface area contributed by atoms with Gasteiger partial charge in [0.1, 0.15) is 5.75 Å². The highest BCUT2D eigenvalue weighted by atomic mass is 32.2. The number of aryl methyl sites for hydroxylation is 1. The zero-order valence-corrected chi connectivity index (χ0v) is 22.0. The van der Waals surface area contributed by atoms with E-state index in [9.17, 15) is 8.42 Å². The molecule has 1 unspecified atom stereocenters. The highest BCUT2D eigenvalue weighted by Crippen LogP contribution is 2.25. The topological polar surface area (TPSA) is 91.3 Å². The molecule has 196 valence electrons. The maximum absolute atomic E-state index is 13.1. The SMILES string of the molecule is COc1ccc(S(=O)(=O)N2CCN(c3ccc(N4CCN(CC5CCCO5)CC4)nn3)CC2)cc1C. The smallest absolute Gasteiger partial charge is 0.243 e. The molecule has 3 aliphatic rings. The van der Waals surface area contributed by atoms with Gasteiger partial charge < -0.3 is 19.3 Å². The number of nitrogens with zero attached hydrogens (tertiary/aromatic N) is 6. The molecule has 0 amide bonds. The lowest BCUT2D eigenvalue weighted by atomic mass is 10.2. The second kappa shape index (κ2) is 10.9. The second-order valence-corrected chi connectivity index (χ2v) is 11.6. The molecule has 5 rings (SSSR count). The second-order valence-electron chi connectivity index (χ2n) is 9.69. The summed E-state index contributed by atoms with van der Waals surface area (Å²) in [4.78, 5) is 7.16. The first-order valence-corrected chi connectivity index (χ1v) is 14.2. The van der Waals surface area contributed by atoms with E-state index in [-0.39, 0.29) is 0 Å². The van der Waals surface area contributed by atoms with Crippen LogP contribution in [0.5, 0.6) is 5.75 Å². The predicted molar refractivity (Wildman–Crippen MR) is 138 cm³/mol. The molecule has 0 radical (unpaired) electrons. The third-order valence-corrected chi connectivity index (χ3v) is 9.28. The fourth-order valence-corrected chi connectivity index (χ4v) is 6.72. The fourth-order valence-electron chi connectivity index (χ4n) is 5.21.